The van der Waals surface area contributed by atoms with Crippen LogP contribution in [0.15, 0.2) is 24.3 Å². The molecule has 0 spiro atoms. The third-order valence-corrected chi connectivity index (χ3v) is 4.72. The Kier molecular flexibility index (Phi) is 3.97. The van der Waals surface area contributed by atoms with Crippen molar-refractivity contribution in [2.45, 2.75) is 12.5 Å². The lowest BCUT2D eigenvalue weighted by molar-refractivity contribution is -1.01. The van der Waals surface area contributed by atoms with Gasteiger partial charge in [0.1, 0.15) is 26.2 Å². The van der Waals surface area contributed by atoms with E-state index in [9.17, 15) is 9.59 Å². The van der Waals surface area contributed by atoms with Crippen molar-refractivity contribution in [2.24, 2.45) is 0 Å². The first-order valence-corrected chi connectivity index (χ1v) is 7.72. The number of hydrogen-bond donors (Lipinski definition) is 2. The molecule has 0 unspecified atom stereocenters. The fourth-order valence-electron chi connectivity index (χ4n) is 3.16. The molecule has 2 aliphatic heterocycles. The number of halogens is 1. The SMILES string of the molecule is C[NH+]1CC[NH+]([C@H]2CC(=O)N(c3ccc(Cl)cc3)C2=O)CC1. The Hall–Kier alpha value is -1.43. The third-order valence-electron chi connectivity index (χ3n) is 4.47. The van der Waals surface area contributed by atoms with Crippen molar-refractivity contribution in [3.8, 4) is 0 Å². The summed E-state index contributed by atoms with van der Waals surface area (Å²) in [5.74, 6) is -0.178. The first-order chi connectivity index (χ1) is 10.1. The molecule has 2 N–H and O–H groups in total. The van der Waals surface area contributed by atoms with Gasteiger partial charge in [-0.1, -0.05) is 11.6 Å². The predicted molar refractivity (Wildman–Crippen MR) is 79.7 cm³/mol. The van der Waals surface area contributed by atoms with E-state index >= 15 is 0 Å². The smallest absolute Gasteiger partial charge is 0.292 e. The van der Waals surface area contributed by atoms with E-state index in [1.54, 1.807) is 24.3 Å². The number of carbonyl (C=O) groups excluding carboxylic acids is 2. The van der Waals surface area contributed by atoms with Crippen molar-refractivity contribution in [1.29, 1.82) is 0 Å². The van der Waals surface area contributed by atoms with Crippen LogP contribution in [0.4, 0.5) is 5.69 Å². The van der Waals surface area contributed by atoms with E-state index in [1.807, 2.05) is 0 Å². The average molecular weight is 310 g/mol. The largest absolute Gasteiger partial charge is 0.328 e. The Morgan fingerprint density at radius 1 is 1.10 bits per heavy atom. The number of quaternary nitrogens is 2. The van der Waals surface area contributed by atoms with Crippen LogP contribution in [0.3, 0.4) is 0 Å². The van der Waals surface area contributed by atoms with Crippen molar-refractivity contribution in [2.75, 3.05) is 38.1 Å². The van der Waals surface area contributed by atoms with Gasteiger partial charge < -0.3 is 9.80 Å². The highest BCUT2D eigenvalue weighted by Gasteiger charge is 2.46. The monoisotopic (exact) mass is 309 g/mol. The number of carbonyl (C=O) groups is 2. The molecule has 2 saturated heterocycles. The molecule has 0 radical (unpaired) electrons. The van der Waals surface area contributed by atoms with Gasteiger partial charge >= 0.3 is 0 Å². The maximum Gasteiger partial charge on any atom is 0.292 e. The molecule has 2 heterocycles. The summed E-state index contributed by atoms with van der Waals surface area (Å²) in [6.45, 7) is 4.00. The summed E-state index contributed by atoms with van der Waals surface area (Å²) >= 11 is 5.86. The van der Waals surface area contributed by atoms with Crippen LogP contribution in [-0.4, -0.2) is 51.1 Å². The van der Waals surface area contributed by atoms with Gasteiger partial charge in [-0.05, 0) is 24.3 Å². The van der Waals surface area contributed by atoms with Crippen LogP contribution in [0.25, 0.3) is 0 Å². The Labute approximate surface area is 129 Å². The van der Waals surface area contributed by atoms with E-state index in [4.69, 9.17) is 11.6 Å². The number of nitrogens with zero attached hydrogens (tertiary/aromatic N) is 1. The minimum absolute atomic E-state index is 0.0723. The van der Waals surface area contributed by atoms with Gasteiger partial charge in [0.25, 0.3) is 5.91 Å². The number of amides is 2. The molecular formula is C15H20ClN3O2+2. The van der Waals surface area contributed by atoms with E-state index in [2.05, 4.69) is 7.05 Å². The molecule has 0 bridgehead atoms. The van der Waals surface area contributed by atoms with Crippen molar-refractivity contribution in [3.05, 3.63) is 29.3 Å². The second-order valence-electron chi connectivity index (χ2n) is 5.92. The molecule has 0 saturated carbocycles. The number of likely N-dealkylation sites (N-methyl/N-ethyl adjacent to an activating group) is 1. The zero-order valence-electron chi connectivity index (χ0n) is 12.1. The summed E-state index contributed by atoms with van der Waals surface area (Å²) in [5.41, 5.74) is 0.621. The van der Waals surface area contributed by atoms with Gasteiger partial charge in [-0.2, -0.15) is 0 Å². The zero-order chi connectivity index (χ0) is 15.0. The molecular weight excluding hydrogens is 290 g/mol. The van der Waals surface area contributed by atoms with Gasteiger partial charge in [-0.25, -0.2) is 4.90 Å². The number of hydrogen-bond acceptors (Lipinski definition) is 2. The first kappa shape index (κ1) is 14.5. The number of nitrogens with one attached hydrogen (secondary N) is 2. The Balaban J connectivity index is 1.77. The maximum atomic E-state index is 12.6. The van der Waals surface area contributed by atoms with Crippen LogP contribution in [-0.2, 0) is 9.59 Å². The molecule has 1 atom stereocenters. The summed E-state index contributed by atoms with van der Waals surface area (Å²) < 4.78 is 0. The fourth-order valence-corrected chi connectivity index (χ4v) is 3.28. The van der Waals surface area contributed by atoms with Crippen molar-refractivity contribution in [1.82, 2.24) is 0 Å². The highest BCUT2D eigenvalue weighted by Crippen LogP contribution is 2.23. The molecule has 112 valence electrons. The highest BCUT2D eigenvalue weighted by molar-refractivity contribution is 6.30. The number of piperazine rings is 1. The van der Waals surface area contributed by atoms with Gasteiger partial charge in [-0.3, -0.25) is 9.59 Å². The van der Waals surface area contributed by atoms with Crippen LogP contribution in [0.1, 0.15) is 6.42 Å². The van der Waals surface area contributed by atoms with Gasteiger partial charge in [0.05, 0.1) is 19.2 Å². The lowest BCUT2D eigenvalue weighted by Gasteiger charge is -2.30. The van der Waals surface area contributed by atoms with E-state index in [1.165, 1.54) is 14.7 Å². The van der Waals surface area contributed by atoms with Gasteiger partial charge in [0.2, 0.25) is 5.91 Å². The van der Waals surface area contributed by atoms with E-state index in [-0.39, 0.29) is 17.9 Å². The maximum absolute atomic E-state index is 12.6. The summed E-state index contributed by atoms with van der Waals surface area (Å²) in [6, 6.07) is 6.64. The molecule has 2 aliphatic rings. The van der Waals surface area contributed by atoms with Gasteiger partial charge in [0, 0.05) is 5.02 Å². The summed E-state index contributed by atoms with van der Waals surface area (Å²) in [6.07, 6.45) is 0.315. The molecule has 0 aliphatic carbocycles. The molecule has 1 aromatic rings. The molecule has 5 nitrogen and oxygen atoms in total. The minimum Gasteiger partial charge on any atom is -0.328 e. The Morgan fingerprint density at radius 3 is 2.33 bits per heavy atom. The normalized spacial score (nSPS) is 30.0. The van der Waals surface area contributed by atoms with Crippen LogP contribution in [0, 0.1) is 0 Å². The van der Waals surface area contributed by atoms with E-state index < -0.39 is 0 Å². The first-order valence-electron chi connectivity index (χ1n) is 7.34. The second-order valence-corrected chi connectivity index (χ2v) is 6.35. The zero-order valence-corrected chi connectivity index (χ0v) is 12.8. The van der Waals surface area contributed by atoms with Crippen LogP contribution < -0.4 is 14.7 Å². The Morgan fingerprint density at radius 2 is 1.71 bits per heavy atom. The Bertz CT molecular complexity index is 553. The molecule has 0 aromatic heterocycles. The standard InChI is InChI=1S/C15H18ClN3O2/c1-17-6-8-18(9-7-17)13-10-14(20)19(15(13)21)12-4-2-11(16)3-5-12/h2-5,13H,6-10H2,1H3/p+2/t13-/m0/s1. The number of imide groups is 1. The topological polar surface area (TPSA) is 46.3 Å². The number of anilines is 1. The lowest BCUT2D eigenvalue weighted by Crippen LogP contribution is -3.29. The number of rotatable bonds is 2. The van der Waals surface area contributed by atoms with Gasteiger partial charge in [-0.15, -0.1) is 0 Å². The van der Waals surface area contributed by atoms with Crippen LogP contribution in [0.5, 0.6) is 0 Å². The summed E-state index contributed by atoms with van der Waals surface area (Å²) in [4.78, 5) is 28.9. The van der Waals surface area contributed by atoms with Gasteiger partial charge in [0.15, 0.2) is 6.04 Å². The third kappa shape index (κ3) is 2.81. The summed E-state index contributed by atoms with van der Waals surface area (Å²) in [5, 5.41) is 0.599. The van der Waals surface area contributed by atoms with E-state index in [0.717, 1.165) is 26.2 Å². The second kappa shape index (κ2) is 5.75. The summed E-state index contributed by atoms with van der Waals surface area (Å²) in [7, 11) is 2.17. The fraction of sp³-hybridized carbons (Fsp3) is 0.467. The molecule has 21 heavy (non-hydrogen) atoms. The lowest BCUT2D eigenvalue weighted by atomic mass is 10.2. The number of benzene rings is 1. The van der Waals surface area contributed by atoms with Crippen molar-refractivity contribution >= 4 is 29.1 Å². The van der Waals surface area contributed by atoms with Crippen LogP contribution in [0.2, 0.25) is 5.02 Å². The highest BCUT2D eigenvalue weighted by atomic mass is 35.5. The van der Waals surface area contributed by atoms with Crippen LogP contribution >= 0.6 is 11.6 Å². The minimum atomic E-state index is -0.221. The quantitative estimate of drug-likeness (QED) is 0.646. The average Bonchev–Trinajstić information content (AvgIpc) is 2.76. The molecule has 1 aromatic carbocycles. The van der Waals surface area contributed by atoms with Crippen molar-refractivity contribution < 1.29 is 19.4 Å². The van der Waals surface area contributed by atoms with Crippen molar-refractivity contribution in [3.63, 3.8) is 0 Å². The molecule has 6 heteroatoms. The predicted octanol–water partition coefficient (Wildman–Crippen LogP) is -1.61. The van der Waals surface area contributed by atoms with E-state index in [0.29, 0.717) is 17.1 Å². The molecule has 2 amide bonds. The molecule has 2 fully saturated rings. The molecule has 3 rings (SSSR count).